The number of nitrogens with zero attached hydrogens (tertiary/aromatic N) is 1. The Balaban J connectivity index is 3.15. The molecule has 0 aliphatic heterocycles. The maximum absolute atomic E-state index is 8.66. The van der Waals surface area contributed by atoms with Crippen LogP contribution in [0.15, 0.2) is 49.6 Å². The van der Waals surface area contributed by atoms with Gasteiger partial charge in [0.1, 0.15) is 0 Å². The molecule has 0 aliphatic carbocycles. The van der Waals surface area contributed by atoms with E-state index in [2.05, 4.69) is 19.2 Å². The maximum Gasteiger partial charge on any atom is 0.0991 e. The topological polar surface area (TPSA) is 23.8 Å². The fourth-order valence-electron chi connectivity index (χ4n) is 1.22. The Hall–Kier alpha value is -1.81. The van der Waals surface area contributed by atoms with Gasteiger partial charge in [-0.3, -0.25) is 0 Å². The first-order valence-corrected chi connectivity index (χ1v) is 4.44. The van der Waals surface area contributed by atoms with Gasteiger partial charge in [-0.2, -0.15) is 5.26 Å². The molecule has 0 unspecified atom stereocenters. The minimum absolute atomic E-state index is 0.214. The van der Waals surface area contributed by atoms with E-state index < -0.39 is 0 Å². The summed E-state index contributed by atoms with van der Waals surface area (Å²) in [4.78, 5) is 0. The van der Waals surface area contributed by atoms with Crippen molar-refractivity contribution in [2.75, 3.05) is 0 Å². The third kappa shape index (κ3) is 1.75. The average molecular weight is 183 g/mol. The van der Waals surface area contributed by atoms with E-state index in [0.29, 0.717) is 5.56 Å². The van der Waals surface area contributed by atoms with Gasteiger partial charge in [0.05, 0.1) is 11.6 Å². The molecule has 1 aromatic carbocycles. The second-order valence-corrected chi connectivity index (χ2v) is 3.38. The van der Waals surface area contributed by atoms with Crippen LogP contribution in [0.2, 0.25) is 0 Å². The third-order valence-electron chi connectivity index (χ3n) is 2.48. The van der Waals surface area contributed by atoms with Gasteiger partial charge in [-0.1, -0.05) is 24.3 Å². The molecular weight excluding hydrogens is 170 g/mol. The highest BCUT2D eigenvalue weighted by Crippen LogP contribution is 2.26. The van der Waals surface area contributed by atoms with Gasteiger partial charge in [0.2, 0.25) is 0 Å². The lowest BCUT2D eigenvalue weighted by Crippen LogP contribution is -2.14. The van der Waals surface area contributed by atoms with E-state index in [1.165, 1.54) is 0 Å². The number of benzene rings is 1. The molecule has 0 saturated heterocycles. The summed E-state index contributed by atoms with van der Waals surface area (Å²) in [6.45, 7) is 9.61. The van der Waals surface area contributed by atoms with Crippen molar-refractivity contribution in [3.63, 3.8) is 0 Å². The normalized spacial score (nSPS) is 10.3. The minimum Gasteiger partial charge on any atom is -0.192 e. The van der Waals surface area contributed by atoms with Gasteiger partial charge >= 0.3 is 0 Å². The van der Waals surface area contributed by atoms with Crippen molar-refractivity contribution in [3.8, 4) is 6.07 Å². The molecule has 1 nitrogen and oxygen atoms in total. The van der Waals surface area contributed by atoms with Crippen molar-refractivity contribution < 1.29 is 0 Å². The molecule has 0 fully saturated rings. The summed E-state index contributed by atoms with van der Waals surface area (Å²) in [6, 6.07) is 9.57. The fraction of sp³-hybridized carbons (Fsp3) is 0.154. The molecule has 0 radical (unpaired) electrons. The molecule has 0 aromatic heterocycles. The molecule has 0 atom stereocenters. The standard InChI is InChI=1S/C13H13N/c1-4-13(3,5-2)12-8-6-11(10-14)7-9-12/h4-9H,1-2H2,3H3. The van der Waals surface area contributed by atoms with Crippen molar-refractivity contribution in [1.82, 2.24) is 0 Å². The smallest absolute Gasteiger partial charge is 0.0991 e. The van der Waals surface area contributed by atoms with E-state index in [9.17, 15) is 0 Å². The largest absolute Gasteiger partial charge is 0.192 e. The Morgan fingerprint density at radius 2 is 1.71 bits per heavy atom. The van der Waals surface area contributed by atoms with E-state index in [4.69, 9.17) is 5.26 Å². The van der Waals surface area contributed by atoms with Crippen LogP contribution in [0.25, 0.3) is 0 Å². The number of hydrogen-bond donors (Lipinski definition) is 0. The summed E-state index contributed by atoms with van der Waals surface area (Å²) in [7, 11) is 0. The van der Waals surface area contributed by atoms with Crippen molar-refractivity contribution in [3.05, 3.63) is 60.7 Å². The lowest BCUT2D eigenvalue weighted by molar-refractivity contribution is 0.762. The zero-order chi connectivity index (χ0) is 10.6. The molecule has 0 heterocycles. The highest BCUT2D eigenvalue weighted by molar-refractivity contribution is 5.39. The van der Waals surface area contributed by atoms with Crippen molar-refractivity contribution in [2.45, 2.75) is 12.3 Å². The number of allylic oxidation sites excluding steroid dienone is 2. The summed E-state index contributed by atoms with van der Waals surface area (Å²) in [5, 5.41) is 8.66. The fourth-order valence-corrected chi connectivity index (χ4v) is 1.22. The van der Waals surface area contributed by atoms with Gasteiger partial charge in [-0.15, -0.1) is 13.2 Å². The van der Waals surface area contributed by atoms with Crippen LogP contribution in [-0.4, -0.2) is 0 Å². The Morgan fingerprint density at radius 1 is 1.21 bits per heavy atom. The molecular formula is C13H13N. The Morgan fingerprint density at radius 3 is 2.07 bits per heavy atom. The first-order chi connectivity index (χ1) is 6.66. The molecule has 1 heteroatoms. The monoisotopic (exact) mass is 183 g/mol. The Labute approximate surface area is 85.0 Å². The van der Waals surface area contributed by atoms with Crippen LogP contribution in [0, 0.1) is 11.3 Å². The predicted octanol–water partition coefficient (Wildman–Crippen LogP) is 3.19. The SMILES string of the molecule is C=CC(C)(C=C)c1ccc(C#N)cc1. The Kier molecular flexibility index (Phi) is 2.89. The molecule has 0 aliphatic rings. The van der Waals surface area contributed by atoms with Gasteiger partial charge in [-0.25, -0.2) is 0 Å². The number of hydrogen-bond acceptors (Lipinski definition) is 1. The van der Waals surface area contributed by atoms with Gasteiger partial charge in [0.15, 0.2) is 0 Å². The molecule has 0 bridgehead atoms. The number of nitriles is 1. The summed E-state index contributed by atoms with van der Waals surface area (Å²) >= 11 is 0. The van der Waals surface area contributed by atoms with Crippen LogP contribution in [0.4, 0.5) is 0 Å². The molecule has 1 rings (SSSR count). The van der Waals surface area contributed by atoms with Crippen molar-refractivity contribution in [2.24, 2.45) is 0 Å². The summed E-state index contributed by atoms with van der Waals surface area (Å²) in [5.74, 6) is 0. The molecule has 14 heavy (non-hydrogen) atoms. The second-order valence-electron chi connectivity index (χ2n) is 3.38. The molecule has 0 saturated carbocycles. The molecule has 0 spiro atoms. The quantitative estimate of drug-likeness (QED) is 0.660. The second kappa shape index (κ2) is 3.93. The maximum atomic E-state index is 8.66. The lowest BCUT2D eigenvalue weighted by Gasteiger charge is -2.21. The van der Waals surface area contributed by atoms with E-state index >= 15 is 0 Å². The van der Waals surface area contributed by atoms with Gasteiger partial charge < -0.3 is 0 Å². The van der Waals surface area contributed by atoms with Crippen LogP contribution in [0.5, 0.6) is 0 Å². The number of rotatable bonds is 3. The van der Waals surface area contributed by atoms with Gasteiger partial charge in [-0.05, 0) is 24.6 Å². The molecule has 0 N–H and O–H groups in total. The van der Waals surface area contributed by atoms with Crippen molar-refractivity contribution >= 4 is 0 Å². The summed E-state index contributed by atoms with van der Waals surface area (Å²) < 4.78 is 0. The Bertz CT molecular complexity index is 371. The average Bonchev–Trinajstić information content (AvgIpc) is 2.28. The predicted molar refractivity (Wildman–Crippen MR) is 58.9 cm³/mol. The van der Waals surface area contributed by atoms with Crippen LogP contribution < -0.4 is 0 Å². The van der Waals surface area contributed by atoms with E-state index in [1.807, 2.05) is 31.2 Å². The summed E-state index contributed by atoms with van der Waals surface area (Å²) in [6.07, 6.45) is 3.70. The van der Waals surface area contributed by atoms with E-state index in [-0.39, 0.29) is 5.41 Å². The zero-order valence-electron chi connectivity index (χ0n) is 8.33. The third-order valence-corrected chi connectivity index (χ3v) is 2.48. The van der Waals surface area contributed by atoms with E-state index in [0.717, 1.165) is 5.56 Å². The van der Waals surface area contributed by atoms with E-state index in [1.54, 1.807) is 12.1 Å². The lowest BCUT2D eigenvalue weighted by atomic mass is 9.82. The highest BCUT2D eigenvalue weighted by Gasteiger charge is 2.17. The summed E-state index contributed by atoms with van der Waals surface area (Å²) in [5.41, 5.74) is 1.55. The molecule has 1 aromatic rings. The first kappa shape index (κ1) is 10.3. The van der Waals surface area contributed by atoms with Crippen LogP contribution >= 0.6 is 0 Å². The first-order valence-electron chi connectivity index (χ1n) is 4.44. The highest BCUT2D eigenvalue weighted by atomic mass is 14.2. The minimum atomic E-state index is -0.214. The molecule has 70 valence electrons. The van der Waals surface area contributed by atoms with Crippen molar-refractivity contribution in [1.29, 1.82) is 5.26 Å². The van der Waals surface area contributed by atoms with Crippen LogP contribution in [0.3, 0.4) is 0 Å². The van der Waals surface area contributed by atoms with Crippen LogP contribution in [0.1, 0.15) is 18.1 Å². The zero-order valence-corrected chi connectivity index (χ0v) is 8.33. The van der Waals surface area contributed by atoms with Crippen LogP contribution in [-0.2, 0) is 5.41 Å². The molecule has 0 amide bonds. The van der Waals surface area contributed by atoms with Gasteiger partial charge in [0, 0.05) is 5.41 Å². The van der Waals surface area contributed by atoms with Gasteiger partial charge in [0.25, 0.3) is 0 Å².